The zero-order valence-electron chi connectivity index (χ0n) is 9.10. The Morgan fingerprint density at radius 2 is 2.27 bits per heavy atom. The molecule has 0 amide bonds. The Morgan fingerprint density at radius 1 is 1.53 bits per heavy atom. The highest BCUT2D eigenvalue weighted by molar-refractivity contribution is 5.84. The van der Waals surface area contributed by atoms with Gasteiger partial charge in [0.2, 0.25) is 0 Å². The Morgan fingerprint density at radius 3 is 2.87 bits per heavy atom. The molecule has 0 radical (unpaired) electrons. The molecule has 4 heteroatoms. The fourth-order valence-corrected chi connectivity index (χ4v) is 1.22. The van der Waals surface area contributed by atoms with Crippen LogP contribution in [0.1, 0.15) is 18.5 Å². The minimum absolute atomic E-state index is 0.00352. The minimum Gasteiger partial charge on any atom is -0.385 e. The van der Waals surface area contributed by atoms with Crippen LogP contribution in [0.5, 0.6) is 0 Å². The lowest BCUT2D eigenvalue weighted by Gasteiger charge is -2.06. The number of methoxy groups -OCH3 is 1. The standard InChI is InChI=1S/C11H17N3O/c1-8(12)9-4-3-5-10(6-9)14-11(13)7-15-2/h3-6,8H,7,12H2,1-2H3,(H2,13,14). The number of nitrogens with zero attached hydrogens (tertiary/aromatic N) is 1. The van der Waals surface area contributed by atoms with E-state index in [2.05, 4.69) is 4.99 Å². The number of hydrogen-bond acceptors (Lipinski definition) is 3. The van der Waals surface area contributed by atoms with Crippen LogP contribution in [0.3, 0.4) is 0 Å². The average molecular weight is 207 g/mol. The van der Waals surface area contributed by atoms with Crippen molar-refractivity contribution in [2.75, 3.05) is 13.7 Å². The summed E-state index contributed by atoms with van der Waals surface area (Å²) in [6.07, 6.45) is 0. The Bertz CT molecular complexity index is 347. The molecular weight excluding hydrogens is 190 g/mol. The Hall–Kier alpha value is -1.39. The number of ether oxygens (including phenoxy) is 1. The molecule has 0 bridgehead atoms. The van der Waals surface area contributed by atoms with Gasteiger partial charge in [0.1, 0.15) is 12.4 Å². The van der Waals surface area contributed by atoms with Crippen molar-refractivity contribution in [3.63, 3.8) is 0 Å². The number of rotatable bonds is 4. The second kappa shape index (κ2) is 5.48. The first-order chi connectivity index (χ1) is 7.13. The van der Waals surface area contributed by atoms with E-state index in [0.29, 0.717) is 12.4 Å². The number of benzene rings is 1. The largest absolute Gasteiger partial charge is 0.385 e. The summed E-state index contributed by atoms with van der Waals surface area (Å²) < 4.78 is 4.87. The summed E-state index contributed by atoms with van der Waals surface area (Å²) in [5.41, 5.74) is 13.3. The molecule has 15 heavy (non-hydrogen) atoms. The predicted octanol–water partition coefficient (Wildman–Crippen LogP) is 1.34. The normalized spacial score (nSPS) is 13.9. The second-order valence-electron chi connectivity index (χ2n) is 3.42. The molecule has 0 saturated heterocycles. The van der Waals surface area contributed by atoms with Crippen LogP contribution in [0.2, 0.25) is 0 Å². The third kappa shape index (κ3) is 3.69. The van der Waals surface area contributed by atoms with Gasteiger partial charge in [-0.2, -0.15) is 0 Å². The maximum atomic E-state index is 5.77. The van der Waals surface area contributed by atoms with Crippen molar-refractivity contribution in [1.29, 1.82) is 0 Å². The quantitative estimate of drug-likeness (QED) is 0.578. The van der Waals surface area contributed by atoms with Crippen LogP contribution in [-0.4, -0.2) is 19.6 Å². The molecule has 0 heterocycles. The van der Waals surface area contributed by atoms with Crippen molar-refractivity contribution < 1.29 is 4.74 Å². The van der Waals surface area contributed by atoms with Crippen molar-refractivity contribution >= 4 is 11.5 Å². The Kier molecular flexibility index (Phi) is 4.27. The van der Waals surface area contributed by atoms with Gasteiger partial charge in [0.05, 0.1) is 5.69 Å². The highest BCUT2D eigenvalue weighted by Gasteiger charge is 2.00. The maximum absolute atomic E-state index is 5.77. The number of hydrogen-bond donors (Lipinski definition) is 2. The smallest absolute Gasteiger partial charge is 0.126 e. The molecule has 1 aromatic rings. The van der Waals surface area contributed by atoms with Crippen LogP contribution in [0.15, 0.2) is 29.3 Å². The first-order valence-corrected chi connectivity index (χ1v) is 4.81. The van der Waals surface area contributed by atoms with Crippen LogP contribution in [-0.2, 0) is 4.74 Å². The summed E-state index contributed by atoms with van der Waals surface area (Å²) >= 11 is 0. The molecule has 4 N–H and O–H groups in total. The van der Waals surface area contributed by atoms with Gasteiger partial charge < -0.3 is 16.2 Å². The van der Waals surface area contributed by atoms with Crippen LogP contribution in [0, 0.1) is 0 Å². The molecule has 0 aliphatic carbocycles. The van der Waals surface area contributed by atoms with Crippen LogP contribution in [0.25, 0.3) is 0 Å². The van der Waals surface area contributed by atoms with E-state index in [0.717, 1.165) is 11.3 Å². The molecule has 0 saturated carbocycles. The molecule has 82 valence electrons. The SMILES string of the molecule is COCC(N)=Nc1cccc(C(C)N)c1. The number of aliphatic imine (C=N–C) groups is 1. The lowest BCUT2D eigenvalue weighted by Crippen LogP contribution is -2.17. The molecule has 4 nitrogen and oxygen atoms in total. The second-order valence-corrected chi connectivity index (χ2v) is 3.42. The van der Waals surface area contributed by atoms with E-state index in [1.165, 1.54) is 0 Å². The fraction of sp³-hybridized carbons (Fsp3) is 0.364. The highest BCUT2D eigenvalue weighted by Crippen LogP contribution is 2.17. The molecule has 1 rings (SSSR count). The van der Waals surface area contributed by atoms with Crippen molar-refractivity contribution in [1.82, 2.24) is 0 Å². The van der Waals surface area contributed by atoms with E-state index < -0.39 is 0 Å². The van der Waals surface area contributed by atoms with Gasteiger partial charge in [-0.25, -0.2) is 4.99 Å². The summed E-state index contributed by atoms with van der Waals surface area (Å²) in [6.45, 7) is 2.27. The van der Waals surface area contributed by atoms with E-state index in [1.807, 2.05) is 31.2 Å². The summed E-state index contributed by atoms with van der Waals surface area (Å²) in [5.74, 6) is 0.458. The summed E-state index contributed by atoms with van der Waals surface area (Å²) in [7, 11) is 1.58. The van der Waals surface area contributed by atoms with Gasteiger partial charge in [-0.3, -0.25) is 0 Å². The molecule has 1 aromatic carbocycles. The molecule has 0 fully saturated rings. The summed E-state index contributed by atoms with van der Waals surface area (Å²) in [5, 5.41) is 0. The van der Waals surface area contributed by atoms with Gasteiger partial charge in [0.15, 0.2) is 0 Å². The molecular formula is C11H17N3O. The molecule has 0 aliphatic heterocycles. The topological polar surface area (TPSA) is 73.6 Å². The van der Waals surface area contributed by atoms with E-state index in [9.17, 15) is 0 Å². The van der Waals surface area contributed by atoms with Gasteiger partial charge in [0.25, 0.3) is 0 Å². The Labute approximate surface area is 89.9 Å². The molecule has 0 aliphatic rings. The van der Waals surface area contributed by atoms with Gasteiger partial charge in [-0.05, 0) is 24.6 Å². The van der Waals surface area contributed by atoms with E-state index in [1.54, 1.807) is 7.11 Å². The predicted molar refractivity (Wildman–Crippen MR) is 62.2 cm³/mol. The minimum atomic E-state index is 0.00352. The maximum Gasteiger partial charge on any atom is 0.126 e. The van der Waals surface area contributed by atoms with Gasteiger partial charge in [-0.1, -0.05) is 12.1 Å². The lowest BCUT2D eigenvalue weighted by molar-refractivity contribution is 0.244. The van der Waals surface area contributed by atoms with Crippen LogP contribution >= 0.6 is 0 Å². The fourth-order valence-electron chi connectivity index (χ4n) is 1.22. The van der Waals surface area contributed by atoms with Crippen LogP contribution in [0.4, 0.5) is 5.69 Å². The van der Waals surface area contributed by atoms with Crippen LogP contribution < -0.4 is 11.5 Å². The zero-order chi connectivity index (χ0) is 11.3. The Balaban J connectivity index is 2.86. The van der Waals surface area contributed by atoms with E-state index in [4.69, 9.17) is 16.2 Å². The first kappa shape index (κ1) is 11.7. The van der Waals surface area contributed by atoms with Crippen molar-refractivity contribution in [2.45, 2.75) is 13.0 Å². The monoisotopic (exact) mass is 207 g/mol. The molecule has 0 spiro atoms. The molecule has 1 atom stereocenters. The van der Waals surface area contributed by atoms with Crippen molar-refractivity contribution in [2.24, 2.45) is 16.5 Å². The summed E-state index contributed by atoms with van der Waals surface area (Å²) in [4.78, 5) is 4.21. The molecule has 0 aromatic heterocycles. The average Bonchev–Trinajstić information content (AvgIpc) is 2.18. The molecule has 1 unspecified atom stereocenters. The van der Waals surface area contributed by atoms with Gasteiger partial charge in [-0.15, -0.1) is 0 Å². The van der Waals surface area contributed by atoms with Gasteiger partial charge in [0, 0.05) is 13.2 Å². The summed E-state index contributed by atoms with van der Waals surface area (Å²) in [6, 6.07) is 7.69. The number of nitrogens with two attached hydrogens (primary N) is 2. The lowest BCUT2D eigenvalue weighted by atomic mass is 10.1. The number of amidine groups is 1. The van der Waals surface area contributed by atoms with Crippen molar-refractivity contribution in [3.05, 3.63) is 29.8 Å². The third-order valence-electron chi connectivity index (χ3n) is 1.96. The van der Waals surface area contributed by atoms with E-state index >= 15 is 0 Å². The zero-order valence-corrected chi connectivity index (χ0v) is 9.10. The highest BCUT2D eigenvalue weighted by atomic mass is 16.5. The third-order valence-corrected chi connectivity index (χ3v) is 1.96. The van der Waals surface area contributed by atoms with Crippen molar-refractivity contribution in [3.8, 4) is 0 Å². The van der Waals surface area contributed by atoms with Gasteiger partial charge >= 0.3 is 0 Å². The van der Waals surface area contributed by atoms with E-state index in [-0.39, 0.29) is 6.04 Å². The first-order valence-electron chi connectivity index (χ1n) is 4.81.